The standard InChI is InChI=1S/C19H17N5O3S2/c1-27-15-10-6-5-9-14(15)24-17(26)13(16(25)22-19(24)29)11-20-23-18(28)21-12-7-3-2-4-8-12/h2-11,26H,1H3,(H2,21,23,28)(H,22,25,29)/b20-11-. The number of hydrogen-bond donors (Lipinski definition) is 4. The van der Waals surface area contributed by atoms with Crippen LogP contribution < -0.4 is 21.0 Å². The molecule has 2 aromatic carbocycles. The molecule has 0 saturated heterocycles. The number of thiocarbonyl (C=S) groups is 1. The highest BCUT2D eigenvalue weighted by atomic mass is 32.1. The minimum atomic E-state index is -0.592. The van der Waals surface area contributed by atoms with Gasteiger partial charge in [0.1, 0.15) is 11.3 Å². The molecule has 1 heterocycles. The third-order valence-corrected chi connectivity index (χ3v) is 4.32. The van der Waals surface area contributed by atoms with Crippen LogP contribution in [0.4, 0.5) is 5.69 Å². The predicted molar refractivity (Wildman–Crippen MR) is 119 cm³/mol. The van der Waals surface area contributed by atoms with Crippen LogP contribution in [0.15, 0.2) is 64.5 Å². The Morgan fingerprint density at radius 1 is 1.21 bits per heavy atom. The number of hydrazone groups is 1. The largest absolute Gasteiger partial charge is 0.495 e. The van der Waals surface area contributed by atoms with Crippen LogP contribution in [-0.4, -0.2) is 33.1 Å². The van der Waals surface area contributed by atoms with Crippen LogP contribution in [0.3, 0.4) is 0 Å². The Morgan fingerprint density at radius 3 is 2.62 bits per heavy atom. The van der Waals surface area contributed by atoms with Gasteiger partial charge in [-0.2, -0.15) is 5.10 Å². The number of hydrogen-bond acceptors (Lipinski definition) is 6. The van der Waals surface area contributed by atoms with Crippen molar-refractivity contribution in [2.45, 2.75) is 0 Å². The van der Waals surface area contributed by atoms with E-state index in [9.17, 15) is 9.90 Å². The van der Waals surface area contributed by atoms with Gasteiger partial charge in [-0.3, -0.25) is 19.8 Å². The van der Waals surface area contributed by atoms with Crippen molar-refractivity contribution in [1.82, 2.24) is 15.0 Å². The van der Waals surface area contributed by atoms with Gasteiger partial charge in [-0.25, -0.2) is 0 Å². The van der Waals surface area contributed by atoms with Gasteiger partial charge in [0.25, 0.3) is 5.56 Å². The first-order valence-corrected chi connectivity index (χ1v) is 9.19. The number of anilines is 1. The molecule has 0 radical (unpaired) electrons. The maximum Gasteiger partial charge on any atom is 0.264 e. The second-order valence-corrected chi connectivity index (χ2v) is 6.49. The summed E-state index contributed by atoms with van der Waals surface area (Å²) in [6.07, 6.45) is 1.16. The number of H-pyrrole nitrogens is 1. The minimum Gasteiger partial charge on any atom is -0.495 e. The Labute approximate surface area is 176 Å². The number of aromatic nitrogens is 2. The van der Waals surface area contributed by atoms with Gasteiger partial charge in [0.15, 0.2) is 9.88 Å². The van der Waals surface area contributed by atoms with E-state index in [2.05, 4.69) is 20.8 Å². The zero-order chi connectivity index (χ0) is 20.8. The van der Waals surface area contributed by atoms with Gasteiger partial charge in [0, 0.05) is 5.69 Å². The van der Waals surface area contributed by atoms with E-state index >= 15 is 0 Å². The van der Waals surface area contributed by atoms with E-state index in [0.29, 0.717) is 11.4 Å². The molecule has 0 aliphatic rings. The lowest BCUT2D eigenvalue weighted by Gasteiger charge is -2.14. The van der Waals surface area contributed by atoms with Gasteiger partial charge in [0.2, 0.25) is 5.88 Å². The van der Waals surface area contributed by atoms with Crippen molar-refractivity contribution in [1.29, 1.82) is 0 Å². The number of ether oxygens (including phenoxy) is 1. The molecule has 0 aliphatic heterocycles. The van der Waals surface area contributed by atoms with Crippen molar-refractivity contribution in [3.8, 4) is 17.3 Å². The topological polar surface area (TPSA) is 104 Å². The average Bonchev–Trinajstić information content (AvgIpc) is 2.71. The summed E-state index contributed by atoms with van der Waals surface area (Å²) in [6, 6.07) is 16.2. The lowest BCUT2D eigenvalue weighted by Crippen LogP contribution is -2.25. The summed E-state index contributed by atoms with van der Waals surface area (Å²) < 4.78 is 6.61. The van der Waals surface area contributed by atoms with Crippen LogP contribution in [0.1, 0.15) is 5.56 Å². The predicted octanol–water partition coefficient (Wildman–Crippen LogP) is 2.93. The van der Waals surface area contributed by atoms with E-state index in [-0.39, 0.29) is 21.3 Å². The Bertz CT molecular complexity index is 1170. The van der Waals surface area contributed by atoms with Crippen LogP contribution in [0.5, 0.6) is 11.6 Å². The van der Waals surface area contributed by atoms with Crippen LogP contribution in [0.2, 0.25) is 0 Å². The minimum absolute atomic E-state index is 0.0170. The Hall–Kier alpha value is -3.50. The zero-order valence-electron chi connectivity index (χ0n) is 15.2. The van der Waals surface area contributed by atoms with Gasteiger partial charge in [-0.05, 0) is 48.7 Å². The third kappa shape index (κ3) is 4.68. The average molecular weight is 428 g/mol. The van der Waals surface area contributed by atoms with E-state index in [1.165, 1.54) is 11.7 Å². The smallest absolute Gasteiger partial charge is 0.264 e. The van der Waals surface area contributed by atoms with Gasteiger partial charge < -0.3 is 15.2 Å². The molecular weight excluding hydrogens is 410 g/mol. The Kier molecular flexibility index (Phi) is 6.37. The highest BCUT2D eigenvalue weighted by Crippen LogP contribution is 2.26. The second kappa shape index (κ2) is 9.13. The third-order valence-electron chi connectivity index (χ3n) is 3.84. The van der Waals surface area contributed by atoms with Gasteiger partial charge in [-0.1, -0.05) is 30.3 Å². The van der Waals surface area contributed by atoms with Crippen LogP contribution in [-0.2, 0) is 0 Å². The lowest BCUT2D eigenvalue weighted by atomic mass is 10.2. The second-order valence-electron chi connectivity index (χ2n) is 5.69. The molecule has 3 aromatic rings. The molecule has 4 N–H and O–H groups in total. The number of nitrogens with zero attached hydrogens (tertiary/aromatic N) is 2. The van der Waals surface area contributed by atoms with Gasteiger partial charge in [0.05, 0.1) is 19.0 Å². The molecule has 0 aliphatic carbocycles. The van der Waals surface area contributed by atoms with Crippen LogP contribution in [0, 0.1) is 4.77 Å². The summed E-state index contributed by atoms with van der Waals surface area (Å²) in [6.45, 7) is 0. The molecule has 0 amide bonds. The number of benzene rings is 2. The summed E-state index contributed by atoms with van der Waals surface area (Å²) in [5.41, 5.74) is 3.16. The number of methoxy groups -OCH3 is 1. The fourth-order valence-corrected chi connectivity index (χ4v) is 2.98. The molecule has 10 heteroatoms. The number of para-hydroxylation sites is 3. The Morgan fingerprint density at radius 2 is 1.90 bits per heavy atom. The Balaban J connectivity index is 1.88. The number of aromatic amines is 1. The van der Waals surface area contributed by atoms with Gasteiger partial charge in [-0.15, -0.1) is 0 Å². The van der Waals surface area contributed by atoms with E-state index in [1.807, 2.05) is 30.3 Å². The summed E-state index contributed by atoms with van der Waals surface area (Å²) >= 11 is 10.4. The molecule has 148 valence electrons. The molecule has 1 aromatic heterocycles. The van der Waals surface area contributed by atoms with Crippen LogP contribution in [0.25, 0.3) is 5.69 Å². The summed E-state index contributed by atoms with van der Waals surface area (Å²) in [4.78, 5) is 14.8. The first kappa shape index (κ1) is 20.2. The van der Waals surface area contributed by atoms with Crippen molar-refractivity contribution in [2.24, 2.45) is 5.10 Å². The molecule has 3 rings (SSSR count). The maximum absolute atomic E-state index is 12.3. The van der Waals surface area contributed by atoms with Crippen molar-refractivity contribution < 1.29 is 9.84 Å². The summed E-state index contributed by atoms with van der Waals surface area (Å²) in [5.74, 6) is 0.0935. The summed E-state index contributed by atoms with van der Waals surface area (Å²) in [5, 5.41) is 17.8. The van der Waals surface area contributed by atoms with E-state index in [4.69, 9.17) is 29.2 Å². The fourth-order valence-electron chi connectivity index (χ4n) is 2.53. The number of nitrogens with one attached hydrogen (secondary N) is 3. The molecule has 0 atom stereocenters. The van der Waals surface area contributed by atoms with E-state index < -0.39 is 5.56 Å². The molecule has 29 heavy (non-hydrogen) atoms. The number of rotatable bonds is 5. The molecule has 0 bridgehead atoms. The van der Waals surface area contributed by atoms with E-state index in [0.717, 1.165) is 11.9 Å². The fraction of sp³-hybridized carbons (Fsp3) is 0.0526. The van der Waals surface area contributed by atoms with Crippen molar-refractivity contribution in [2.75, 3.05) is 12.4 Å². The molecule has 0 spiro atoms. The lowest BCUT2D eigenvalue weighted by molar-refractivity contribution is 0.402. The van der Waals surface area contributed by atoms with Crippen molar-refractivity contribution in [3.05, 3.63) is 75.3 Å². The highest BCUT2D eigenvalue weighted by Gasteiger charge is 2.15. The first-order valence-electron chi connectivity index (χ1n) is 8.38. The van der Waals surface area contributed by atoms with Crippen molar-refractivity contribution >= 4 is 41.5 Å². The normalized spacial score (nSPS) is 10.7. The molecule has 0 saturated carbocycles. The van der Waals surface area contributed by atoms with Gasteiger partial charge >= 0.3 is 0 Å². The molecule has 0 unspecified atom stereocenters. The highest BCUT2D eigenvalue weighted by molar-refractivity contribution is 7.80. The first-order chi connectivity index (χ1) is 14.0. The monoisotopic (exact) mass is 427 g/mol. The molecule has 0 fully saturated rings. The molecule has 8 nitrogen and oxygen atoms in total. The molecular formula is C19H17N5O3S2. The summed E-state index contributed by atoms with van der Waals surface area (Å²) in [7, 11) is 1.50. The van der Waals surface area contributed by atoms with Crippen LogP contribution >= 0.6 is 24.4 Å². The maximum atomic E-state index is 12.3. The zero-order valence-corrected chi connectivity index (χ0v) is 16.9. The SMILES string of the molecule is COc1ccccc1-n1c(O)c(/C=N\NC(=S)Nc2ccccc2)c(=O)[nH]c1=S. The number of aromatic hydroxyl groups is 1. The quantitative estimate of drug-likeness (QED) is 0.282. The van der Waals surface area contributed by atoms with Crippen molar-refractivity contribution in [3.63, 3.8) is 0 Å². The van der Waals surface area contributed by atoms with E-state index in [1.54, 1.807) is 24.3 Å².